The average Bonchev–Trinajstić information content (AvgIpc) is 3.39. The molecule has 22 heavy (non-hydrogen) atoms. The van der Waals surface area contributed by atoms with Crippen molar-refractivity contribution in [3.8, 4) is 0 Å². The molecule has 0 amide bonds. The highest BCUT2D eigenvalue weighted by Gasteiger charge is 2.37. The minimum Gasteiger partial charge on any atom is -0.481 e. The van der Waals surface area contributed by atoms with Crippen molar-refractivity contribution in [3.05, 3.63) is 12.2 Å². The predicted molar refractivity (Wildman–Crippen MR) is 85.9 cm³/mol. The Morgan fingerprint density at radius 2 is 1.50 bits per heavy atom. The lowest BCUT2D eigenvalue weighted by Crippen LogP contribution is -1.95. The van der Waals surface area contributed by atoms with Gasteiger partial charge in [-0.2, -0.15) is 0 Å². The van der Waals surface area contributed by atoms with Gasteiger partial charge in [0.1, 0.15) is 0 Å². The lowest BCUT2D eigenvalue weighted by molar-refractivity contribution is -0.137. The second kappa shape index (κ2) is 9.31. The summed E-state index contributed by atoms with van der Waals surface area (Å²) >= 11 is 0. The molecule has 2 saturated heterocycles. The van der Waals surface area contributed by atoms with E-state index in [-0.39, 0.29) is 0 Å². The molecule has 2 aliphatic heterocycles. The van der Waals surface area contributed by atoms with Crippen LogP contribution in [-0.4, -0.2) is 35.5 Å². The highest BCUT2D eigenvalue weighted by Crippen LogP contribution is 2.31. The molecule has 2 heterocycles. The van der Waals surface area contributed by atoms with Gasteiger partial charge in [-0.25, -0.2) is 0 Å². The monoisotopic (exact) mass is 310 g/mol. The first-order valence-corrected chi connectivity index (χ1v) is 8.88. The van der Waals surface area contributed by atoms with Crippen molar-refractivity contribution in [3.63, 3.8) is 0 Å². The molecular weight excluding hydrogens is 280 g/mol. The number of ether oxygens (including phenoxy) is 2. The Labute approximate surface area is 133 Å². The van der Waals surface area contributed by atoms with Crippen LogP contribution in [0.3, 0.4) is 0 Å². The van der Waals surface area contributed by atoms with E-state index in [4.69, 9.17) is 14.6 Å². The molecule has 0 spiro atoms. The summed E-state index contributed by atoms with van der Waals surface area (Å²) in [7, 11) is 0. The van der Waals surface area contributed by atoms with Gasteiger partial charge >= 0.3 is 5.97 Å². The lowest BCUT2D eigenvalue weighted by Gasteiger charge is -1.99. The summed E-state index contributed by atoms with van der Waals surface area (Å²) in [5.74, 6) is -0.680. The largest absolute Gasteiger partial charge is 0.481 e. The summed E-state index contributed by atoms with van der Waals surface area (Å²) in [6.07, 6.45) is 16.4. The Morgan fingerprint density at radius 3 is 2.14 bits per heavy atom. The molecule has 1 N–H and O–H groups in total. The molecule has 4 nitrogen and oxygen atoms in total. The van der Waals surface area contributed by atoms with Gasteiger partial charge in [0.15, 0.2) is 0 Å². The van der Waals surface area contributed by atoms with Crippen molar-refractivity contribution >= 4 is 5.97 Å². The van der Waals surface area contributed by atoms with Crippen LogP contribution >= 0.6 is 0 Å². The van der Waals surface area contributed by atoms with Crippen LogP contribution in [0.15, 0.2) is 12.2 Å². The number of carbonyl (C=O) groups is 1. The van der Waals surface area contributed by atoms with E-state index in [9.17, 15) is 4.79 Å². The number of rotatable bonds is 13. The molecule has 0 aromatic carbocycles. The van der Waals surface area contributed by atoms with Crippen LogP contribution in [0.5, 0.6) is 0 Å². The molecular formula is C18H30O4. The standard InChI is InChI=1S/C18H30O4/c1-2-14-15(21-14)11-8-9-12-17-16(22-17)10-6-4-3-5-7-13-18(19)20/h8-9,14-17H,2-7,10-13H2,1H3,(H,19,20). The fraction of sp³-hybridized carbons (Fsp3) is 0.833. The molecule has 0 bridgehead atoms. The molecule has 0 saturated carbocycles. The Balaban J connectivity index is 1.36. The third-order valence-electron chi connectivity index (χ3n) is 4.56. The first-order valence-electron chi connectivity index (χ1n) is 8.88. The minimum atomic E-state index is -0.680. The van der Waals surface area contributed by atoms with Crippen molar-refractivity contribution in [2.45, 2.75) is 95.5 Å². The van der Waals surface area contributed by atoms with Crippen LogP contribution in [-0.2, 0) is 14.3 Å². The van der Waals surface area contributed by atoms with Crippen LogP contribution < -0.4 is 0 Å². The number of hydrogen-bond acceptors (Lipinski definition) is 3. The normalized spacial score (nSPS) is 29.9. The zero-order chi connectivity index (χ0) is 15.8. The second-order valence-electron chi connectivity index (χ2n) is 6.48. The van der Waals surface area contributed by atoms with Crippen molar-refractivity contribution in [2.75, 3.05) is 0 Å². The van der Waals surface area contributed by atoms with Crippen LogP contribution in [0.1, 0.15) is 71.1 Å². The van der Waals surface area contributed by atoms with Crippen LogP contribution in [0.2, 0.25) is 0 Å². The van der Waals surface area contributed by atoms with Gasteiger partial charge in [0.05, 0.1) is 24.4 Å². The summed E-state index contributed by atoms with van der Waals surface area (Å²) in [6.45, 7) is 2.17. The van der Waals surface area contributed by atoms with E-state index in [2.05, 4.69) is 19.1 Å². The smallest absolute Gasteiger partial charge is 0.303 e. The number of carboxylic acid groups (broad SMARTS) is 1. The zero-order valence-electron chi connectivity index (χ0n) is 13.7. The number of epoxide rings is 2. The maximum atomic E-state index is 10.4. The van der Waals surface area contributed by atoms with E-state index < -0.39 is 5.97 Å². The fourth-order valence-electron chi connectivity index (χ4n) is 3.00. The maximum absolute atomic E-state index is 10.4. The van der Waals surface area contributed by atoms with Crippen molar-refractivity contribution in [2.24, 2.45) is 0 Å². The topological polar surface area (TPSA) is 62.4 Å². The summed E-state index contributed by atoms with van der Waals surface area (Å²) in [6, 6.07) is 0. The molecule has 2 aliphatic rings. The number of aliphatic carboxylic acids is 1. The van der Waals surface area contributed by atoms with E-state index >= 15 is 0 Å². The van der Waals surface area contributed by atoms with Crippen molar-refractivity contribution < 1.29 is 19.4 Å². The molecule has 2 rings (SSSR count). The van der Waals surface area contributed by atoms with Crippen LogP contribution in [0.25, 0.3) is 0 Å². The van der Waals surface area contributed by atoms with Gasteiger partial charge in [0.25, 0.3) is 0 Å². The number of carboxylic acids is 1. The first-order chi connectivity index (χ1) is 10.7. The third-order valence-corrected chi connectivity index (χ3v) is 4.56. The molecule has 4 atom stereocenters. The third kappa shape index (κ3) is 6.93. The minimum absolute atomic E-state index is 0.311. The van der Waals surface area contributed by atoms with Gasteiger partial charge in [0, 0.05) is 6.42 Å². The molecule has 0 aromatic heterocycles. The highest BCUT2D eigenvalue weighted by atomic mass is 16.6. The quantitative estimate of drug-likeness (QED) is 0.316. The molecule has 126 valence electrons. The Morgan fingerprint density at radius 1 is 0.909 bits per heavy atom. The Kier molecular flexibility index (Phi) is 7.40. The molecule has 2 fully saturated rings. The van der Waals surface area contributed by atoms with Crippen molar-refractivity contribution in [1.82, 2.24) is 0 Å². The van der Waals surface area contributed by atoms with Gasteiger partial charge in [-0.3, -0.25) is 4.79 Å². The number of unbranched alkanes of at least 4 members (excludes halogenated alkanes) is 4. The predicted octanol–water partition coefficient (Wildman–Crippen LogP) is 4.08. The van der Waals surface area contributed by atoms with E-state index in [0.717, 1.165) is 44.9 Å². The lowest BCUT2D eigenvalue weighted by atomic mass is 10.1. The van der Waals surface area contributed by atoms with Gasteiger partial charge < -0.3 is 14.6 Å². The second-order valence-corrected chi connectivity index (χ2v) is 6.48. The fourth-order valence-corrected chi connectivity index (χ4v) is 3.00. The molecule has 4 unspecified atom stereocenters. The van der Waals surface area contributed by atoms with Crippen LogP contribution in [0, 0.1) is 0 Å². The summed E-state index contributed by atoms with van der Waals surface area (Å²) < 4.78 is 11.2. The molecule has 0 aromatic rings. The first kappa shape index (κ1) is 17.5. The van der Waals surface area contributed by atoms with E-state index in [1.807, 2.05) is 0 Å². The highest BCUT2D eigenvalue weighted by molar-refractivity contribution is 5.66. The Bertz CT molecular complexity index is 366. The van der Waals surface area contributed by atoms with E-state index in [0.29, 0.717) is 30.8 Å². The summed E-state index contributed by atoms with van der Waals surface area (Å²) in [5, 5.41) is 8.55. The van der Waals surface area contributed by atoms with Gasteiger partial charge in [-0.15, -0.1) is 0 Å². The SMILES string of the molecule is CCC1OC1CC=CCC1OC1CCCCCCCC(=O)O. The summed E-state index contributed by atoms with van der Waals surface area (Å²) in [4.78, 5) is 10.4. The van der Waals surface area contributed by atoms with Crippen LogP contribution in [0.4, 0.5) is 0 Å². The Hall–Kier alpha value is -0.870. The van der Waals surface area contributed by atoms with Gasteiger partial charge in [0.2, 0.25) is 0 Å². The molecule has 0 radical (unpaired) electrons. The molecule has 0 aliphatic carbocycles. The van der Waals surface area contributed by atoms with E-state index in [1.165, 1.54) is 12.8 Å². The number of hydrogen-bond donors (Lipinski definition) is 1. The summed E-state index contributed by atoms with van der Waals surface area (Å²) in [5.41, 5.74) is 0. The maximum Gasteiger partial charge on any atom is 0.303 e. The van der Waals surface area contributed by atoms with Crippen molar-refractivity contribution in [1.29, 1.82) is 0 Å². The van der Waals surface area contributed by atoms with E-state index in [1.54, 1.807) is 0 Å². The average molecular weight is 310 g/mol. The van der Waals surface area contributed by atoms with Gasteiger partial charge in [-0.05, 0) is 32.1 Å². The van der Waals surface area contributed by atoms with Gasteiger partial charge in [-0.1, -0.05) is 44.8 Å². The molecule has 4 heteroatoms. The zero-order valence-corrected chi connectivity index (χ0v) is 13.7.